The van der Waals surface area contributed by atoms with Crippen LogP contribution in [0, 0.1) is 5.82 Å². The number of benzene rings is 2. The van der Waals surface area contributed by atoms with E-state index in [1.54, 1.807) is 12.5 Å². The van der Waals surface area contributed by atoms with Gasteiger partial charge in [-0.1, -0.05) is 12.1 Å². The molecule has 1 N–H and O–H groups in total. The normalized spacial score (nSPS) is 10.4. The van der Waals surface area contributed by atoms with Gasteiger partial charge in [0.05, 0.1) is 25.0 Å². The number of ether oxygens (including phenoxy) is 3. The van der Waals surface area contributed by atoms with E-state index < -0.39 is 17.7 Å². The van der Waals surface area contributed by atoms with E-state index in [1.807, 2.05) is 25.1 Å². The highest BCUT2D eigenvalue weighted by atomic mass is 32.1. The number of rotatable bonds is 9. The quantitative estimate of drug-likeness (QED) is 0.505. The van der Waals surface area contributed by atoms with Gasteiger partial charge in [-0.05, 0) is 37.3 Å². The van der Waals surface area contributed by atoms with Crippen LogP contribution >= 0.6 is 11.3 Å². The average Bonchev–Trinajstić information content (AvgIpc) is 3.26. The Kier molecular flexibility index (Phi) is 7.55. The monoisotopic (exact) mass is 444 g/mol. The zero-order valence-corrected chi connectivity index (χ0v) is 17.8. The van der Waals surface area contributed by atoms with Crippen LogP contribution in [0.3, 0.4) is 0 Å². The molecule has 0 bridgehead atoms. The molecule has 162 valence electrons. The minimum absolute atomic E-state index is 0.0426. The summed E-state index contributed by atoms with van der Waals surface area (Å²) >= 11 is 1.40. The molecule has 0 spiro atoms. The highest BCUT2D eigenvalue weighted by molar-refractivity contribution is 7.13. The number of carbonyl (C=O) groups excluding carboxylic acids is 2. The van der Waals surface area contributed by atoms with Crippen LogP contribution < -0.4 is 14.8 Å². The summed E-state index contributed by atoms with van der Waals surface area (Å²) < 4.78 is 29.6. The van der Waals surface area contributed by atoms with Crippen LogP contribution in [0.15, 0.2) is 47.8 Å². The van der Waals surface area contributed by atoms with E-state index in [9.17, 15) is 14.0 Å². The molecule has 3 aromatic rings. The maximum atomic E-state index is 13.6. The Morgan fingerprint density at radius 2 is 1.97 bits per heavy atom. The van der Waals surface area contributed by atoms with Crippen LogP contribution in [0.25, 0.3) is 10.6 Å². The number of nitrogens with zero attached hydrogens (tertiary/aromatic N) is 1. The molecular formula is C22H21FN2O5S. The molecule has 0 atom stereocenters. The molecule has 3 rings (SSSR count). The third-order valence-electron chi connectivity index (χ3n) is 4.15. The summed E-state index contributed by atoms with van der Waals surface area (Å²) in [6.45, 7) is 2.01. The SMILES string of the molecule is CCOc1ccc(-c2nc(COC(=O)CNC(=O)c3ccccc3F)cs2)cc1OC. The standard InChI is InChI=1S/C22H21FN2O5S/c1-3-29-18-9-8-14(10-19(18)28-2)22-25-15(13-31-22)12-30-20(26)11-24-21(27)16-6-4-5-7-17(16)23/h4-10,13H,3,11-12H2,1-2H3,(H,24,27). The van der Waals surface area contributed by atoms with Crippen molar-refractivity contribution in [2.45, 2.75) is 13.5 Å². The molecule has 0 saturated carbocycles. The van der Waals surface area contributed by atoms with Crippen molar-refractivity contribution in [3.8, 4) is 22.1 Å². The van der Waals surface area contributed by atoms with Crippen molar-refractivity contribution < 1.29 is 28.2 Å². The number of methoxy groups -OCH3 is 1. The fraction of sp³-hybridized carbons (Fsp3) is 0.227. The van der Waals surface area contributed by atoms with E-state index in [0.29, 0.717) is 23.8 Å². The molecule has 0 aliphatic heterocycles. The zero-order valence-electron chi connectivity index (χ0n) is 17.0. The first-order valence-corrected chi connectivity index (χ1v) is 10.3. The van der Waals surface area contributed by atoms with E-state index in [0.717, 1.165) is 10.6 Å². The summed E-state index contributed by atoms with van der Waals surface area (Å²) in [7, 11) is 1.57. The lowest BCUT2D eigenvalue weighted by atomic mass is 10.2. The van der Waals surface area contributed by atoms with E-state index >= 15 is 0 Å². The highest BCUT2D eigenvalue weighted by Gasteiger charge is 2.14. The molecule has 1 heterocycles. The van der Waals surface area contributed by atoms with Gasteiger partial charge in [-0.25, -0.2) is 9.37 Å². The summed E-state index contributed by atoms with van der Waals surface area (Å²) in [6.07, 6.45) is 0. The van der Waals surface area contributed by atoms with Crippen LogP contribution in [0.5, 0.6) is 11.5 Å². The molecule has 7 nitrogen and oxygen atoms in total. The van der Waals surface area contributed by atoms with Gasteiger partial charge in [0.15, 0.2) is 11.5 Å². The van der Waals surface area contributed by atoms with Gasteiger partial charge in [0, 0.05) is 10.9 Å². The second-order valence-electron chi connectivity index (χ2n) is 6.27. The number of halogens is 1. The lowest BCUT2D eigenvalue weighted by Crippen LogP contribution is -2.31. The fourth-order valence-electron chi connectivity index (χ4n) is 2.68. The maximum Gasteiger partial charge on any atom is 0.325 e. The third-order valence-corrected chi connectivity index (χ3v) is 5.10. The van der Waals surface area contributed by atoms with E-state index in [2.05, 4.69) is 10.3 Å². The van der Waals surface area contributed by atoms with Crippen LogP contribution in [-0.2, 0) is 16.1 Å². The lowest BCUT2D eigenvalue weighted by Gasteiger charge is -2.10. The van der Waals surface area contributed by atoms with E-state index in [-0.39, 0.29) is 18.7 Å². The smallest absolute Gasteiger partial charge is 0.325 e. The van der Waals surface area contributed by atoms with Gasteiger partial charge < -0.3 is 19.5 Å². The Morgan fingerprint density at radius 1 is 1.16 bits per heavy atom. The molecular weight excluding hydrogens is 423 g/mol. The number of aromatic nitrogens is 1. The van der Waals surface area contributed by atoms with Gasteiger partial charge in [-0.15, -0.1) is 11.3 Å². The lowest BCUT2D eigenvalue weighted by molar-refractivity contribution is -0.143. The van der Waals surface area contributed by atoms with Crippen molar-refractivity contribution in [2.24, 2.45) is 0 Å². The Labute approximate surface area is 182 Å². The number of hydrogen-bond donors (Lipinski definition) is 1. The maximum absolute atomic E-state index is 13.6. The fourth-order valence-corrected chi connectivity index (χ4v) is 3.48. The molecule has 0 unspecified atom stereocenters. The summed E-state index contributed by atoms with van der Waals surface area (Å²) in [5.74, 6) is -0.739. The van der Waals surface area contributed by atoms with Crippen molar-refractivity contribution >= 4 is 23.2 Å². The van der Waals surface area contributed by atoms with Crippen LogP contribution in [0.4, 0.5) is 4.39 Å². The molecule has 9 heteroatoms. The minimum atomic E-state index is -0.685. The second-order valence-corrected chi connectivity index (χ2v) is 7.12. The summed E-state index contributed by atoms with van der Waals surface area (Å²) in [6, 6.07) is 11.0. The van der Waals surface area contributed by atoms with Crippen LogP contribution in [0.1, 0.15) is 23.0 Å². The molecule has 0 radical (unpaired) electrons. The summed E-state index contributed by atoms with van der Waals surface area (Å²) in [5.41, 5.74) is 1.28. The van der Waals surface area contributed by atoms with Crippen molar-refractivity contribution in [1.82, 2.24) is 10.3 Å². The number of esters is 1. The van der Waals surface area contributed by atoms with Gasteiger partial charge in [-0.2, -0.15) is 0 Å². The first-order valence-electron chi connectivity index (χ1n) is 9.45. The van der Waals surface area contributed by atoms with E-state index in [1.165, 1.54) is 35.6 Å². The first-order chi connectivity index (χ1) is 15.0. The third kappa shape index (κ3) is 5.79. The molecule has 1 aromatic heterocycles. The predicted molar refractivity (Wildman–Crippen MR) is 114 cm³/mol. The number of hydrogen-bond acceptors (Lipinski definition) is 7. The number of amides is 1. The minimum Gasteiger partial charge on any atom is -0.493 e. The van der Waals surface area contributed by atoms with Crippen molar-refractivity contribution in [3.05, 3.63) is 64.9 Å². The Morgan fingerprint density at radius 3 is 2.71 bits per heavy atom. The summed E-state index contributed by atoms with van der Waals surface area (Å²) in [5, 5.41) is 4.86. The summed E-state index contributed by atoms with van der Waals surface area (Å²) in [4.78, 5) is 28.3. The Bertz CT molecular complexity index is 1070. The van der Waals surface area contributed by atoms with Crippen LogP contribution in [0.2, 0.25) is 0 Å². The molecule has 0 fully saturated rings. The van der Waals surface area contributed by atoms with Crippen molar-refractivity contribution in [3.63, 3.8) is 0 Å². The van der Waals surface area contributed by atoms with Gasteiger partial charge >= 0.3 is 5.97 Å². The number of carbonyl (C=O) groups is 2. The van der Waals surface area contributed by atoms with Crippen LogP contribution in [-0.4, -0.2) is 37.1 Å². The van der Waals surface area contributed by atoms with Crippen molar-refractivity contribution in [1.29, 1.82) is 0 Å². The molecule has 31 heavy (non-hydrogen) atoms. The molecule has 1 amide bonds. The Balaban J connectivity index is 1.54. The molecule has 0 saturated heterocycles. The van der Waals surface area contributed by atoms with Crippen molar-refractivity contribution in [2.75, 3.05) is 20.3 Å². The molecule has 2 aromatic carbocycles. The largest absolute Gasteiger partial charge is 0.493 e. The van der Waals surface area contributed by atoms with Gasteiger partial charge in [0.1, 0.15) is 24.0 Å². The number of nitrogens with one attached hydrogen (secondary N) is 1. The average molecular weight is 444 g/mol. The topological polar surface area (TPSA) is 86.8 Å². The molecule has 0 aliphatic carbocycles. The highest BCUT2D eigenvalue weighted by Crippen LogP contribution is 2.33. The predicted octanol–water partition coefficient (Wildman–Crippen LogP) is 3.83. The van der Waals surface area contributed by atoms with Gasteiger partial charge in [-0.3, -0.25) is 9.59 Å². The zero-order chi connectivity index (χ0) is 22.2. The second kappa shape index (κ2) is 10.5. The number of thiazole rings is 1. The van der Waals surface area contributed by atoms with E-state index in [4.69, 9.17) is 14.2 Å². The van der Waals surface area contributed by atoms with Gasteiger partial charge in [0.25, 0.3) is 5.91 Å². The first kappa shape index (κ1) is 22.2. The Hall–Kier alpha value is -3.46. The molecule has 0 aliphatic rings. The van der Waals surface area contributed by atoms with Gasteiger partial charge in [0.2, 0.25) is 0 Å².